The van der Waals surface area contributed by atoms with Crippen LogP contribution < -0.4 is 0 Å². The monoisotopic (exact) mass is 740 g/mol. The molecule has 0 aliphatic carbocycles. The molecule has 0 aliphatic heterocycles. The van der Waals surface area contributed by atoms with Gasteiger partial charge in [-0.25, -0.2) is 9.97 Å². The number of benzene rings is 2. The van der Waals surface area contributed by atoms with E-state index in [2.05, 4.69) is 50.2 Å². The molecule has 4 aromatic rings. The number of thiazole rings is 2. The summed E-state index contributed by atoms with van der Waals surface area (Å²) >= 11 is 3.44. The quantitative estimate of drug-likeness (QED) is 0.0610. The van der Waals surface area contributed by atoms with Crippen molar-refractivity contribution >= 4 is 82.3 Å². The van der Waals surface area contributed by atoms with Crippen LogP contribution in [-0.2, 0) is 26.6 Å². The summed E-state index contributed by atoms with van der Waals surface area (Å²) in [6.45, 7) is 19.4. The summed E-state index contributed by atoms with van der Waals surface area (Å²) < 4.78 is 41.8. The normalized spacial score (nSPS) is 15.4. The zero-order valence-electron chi connectivity index (χ0n) is 28.1. The van der Waals surface area contributed by atoms with E-state index < -0.39 is 17.6 Å². The highest BCUT2D eigenvalue weighted by molar-refractivity contribution is 8.77. The van der Waals surface area contributed by atoms with E-state index in [-0.39, 0.29) is 21.6 Å². The Labute approximate surface area is 292 Å². The second-order valence-electron chi connectivity index (χ2n) is 10.5. The Balaban J connectivity index is 1.81. The van der Waals surface area contributed by atoms with Gasteiger partial charge in [0, 0.05) is 51.5 Å². The average Bonchev–Trinajstić information content (AvgIpc) is 3.68. The van der Waals surface area contributed by atoms with Crippen molar-refractivity contribution in [3.63, 3.8) is 0 Å². The molecule has 2 aromatic carbocycles. The van der Waals surface area contributed by atoms with Crippen LogP contribution in [0.4, 0.5) is 0 Å². The van der Waals surface area contributed by atoms with E-state index in [0.717, 1.165) is 30.4 Å². The molecule has 4 rings (SSSR count). The minimum Gasteiger partial charge on any atom is -0.373 e. The van der Waals surface area contributed by atoms with Gasteiger partial charge in [0.25, 0.3) is 0 Å². The van der Waals surface area contributed by atoms with Crippen LogP contribution in [0.15, 0.2) is 48.5 Å². The molecule has 2 aromatic heterocycles. The molecule has 2 heterocycles. The Morgan fingerprint density at radius 3 is 1.13 bits per heavy atom. The minimum absolute atomic E-state index is 0.0213. The maximum atomic E-state index is 6.58. The van der Waals surface area contributed by atoms with Crippen molar-refractivity contribution < 1.29 is 26.6 Å². The first-order chi connectivity index (χ1) is 22.3. The highest BCUT2D eigenvalue weighted by Gasteiger charge is 2.57. The van der Waals surface area contributed by atoms with Gasteiger partial charge in [-0.1, -0.05) is 59.7 Å². The van der Waals surface area contributed by atoms with Crippen LogP contribution in [0, 0.1) is 0 Å². The summed E-state index contributed by atoms with van der Waals surface area (Å²) in [4.78, 5) is 9.82. The second kappa shape index (κ2) is 18.2. The van der Waals surface area contributed by atoms with Crippen LogP contribution >= 0.6 is 44.3 Å². The van der Waals surface area contributed by atoms with E-state index in [1.165, 1.54) is 0 Å². The van der Waals surface area contributed by atoms with Crippen LogP contribution in [0.5, 0.6) is 0 Å². The number of rotatable bonds is 21. The van der Waals surface area contributed by atoms with Gasteiger partial charge in [0.15, 0.2) is 0 Å². The fourth-order valence-corrected chi connectivity index (χ4v) is 21.2. The molecular formula is C32H48N2O6S4Si2. The lowest BCUT2D eigenvalue weighted by Gasteiger charge is -2.40. The lowest BCUT2D eigenvalue weighted by atomic mass is 10.2. The Kier molecular flexibility index (Phi) is 15.0. The molecule has 0 saturated carbocycles. The smallest absolute Gasteiger partial charge is 0.373 e. The average molecular weight is 741 g/mol. The first kappa shape index (κ1) is 37.9. The van der Waals surface area contributed by atoms with Crippen LogP contribution in [0.3, 0.4) is 0 Å². The molecule has 4 atom stereocenters. The number of fused-ring (bicyclic) bond motifs is 2. The van der Waals surface area contributed by atoms with Crippen molar-refractivity contribution in [3.05, 3.63) is 58.5 Å². The van der Waals surface area contributed by atoms with Crippen molar-refractivity contribution in [3.8, 4) is 0 Å². The van der Waals surface area contributed by atoms with E-state index >= 15 is 0 Å². The van der Waals surface area contributed by atoms with Gasteiger partial charge in [-0.3, -0.25) is 0 Å². The van der Waals surface area contributed by atoms with E-state index in [1.807, 2.05) is 53.7 Å². The van der Waals surface area contributed by atoms with Crippen molar-refractivity contribution in [1.82, 2.24) is 9.97 Å². The zero-order valence-corrected chi connectivity index (χ0v) is 33.4. The summed E-state index contributed by atoms with van der Waals surface area (Å²) in [6.07, 6.45) is 0. The maximum Gasteiger partial charge on any atom is 0.516 e. The first-order valence-electron chi connectivity index (χ1n) is 16.2. The van der Waals surface area contributed by atoms with Gasteiger partial charge < -0.3 is 26.6 Å². The third-order valence-corrected chi connectivity index (χ3v) is 22.7. The number of hydrogen-bond donors (Lipinski definition) is 0. The fourth-order valence-electron chi connectivity index (χ4n) is 5.40. The highest BCUT2D eigenvalue weighted by atomic mass is 33.1. The predicted molar refractivity (Wildman–Crippen MR) is 200 cm³/mol. The van der Waals surface area contributed by atoms with Gasteiger partial charge in [-0.15, -0.1) is 22.7 Å². The standard InChI is InChI=1S/C32H48N2O6S4Si2/c1-9-35-45(36-10-2,37-11-3)31(23(7)29-33-25-19-15-17-21-27(25)41-29)43-44-32(46(38-12-4,39-13-5)40-14-6)24(8)30-34-26-20-16-18-22-28(26)42-30/h15-24,31-32H,9-14H2,1-8H3. The Morgan fingerprint density at radius 1 is 0.543 bits per heavy atom. The lowest BCUT2D eigenvalue weighted by Crippen LogP contribution is -2.58. The molecule has 0 fully saturated rings. The first-order valence-corrected chi connectivity index (χ1v) is 23.7. The molecule has 4 unspecified atom stereocenters. The fraction of sp³-hybridized carbons (Fsp3) is 0.562. The molecule has 0 aliphatic rings. The van der Waals surface area contributed by atoms with E-state index in [9.17, 15) is 0 Å². The second-order valence-corrected chi connectivity index (χ2v) is 21.4. The Hall–Kier alpha value is -0.886. The number of nitrogens with zero attached hydrogens (tertiary/aromatic N) is 2. The van der Waals surface area contributed by atoms with Gasteiger partial charge in [0.2, 0.25) is 0 Å². The van der Waals surface area contributed by atoms with E-state index in [4.69, 9.17) is 36.5 Å². The number of para-hydroxylation sites is 2. The van der Waals surface area contributed by atoms with Crippen LogP contribution in [0.25, 0.3) is 20.4 Å². The molecule has 0 saturated heterocycles. The van der Waals surface area contributed by atoms with Gasteiger partial charge in [0.05, 0.1) is 40.2 Å². The summed E-state index contributed by atoms with van der Waals surface area (Å²) in [6, 6.07) is 16.6. The molecule has 254 valence electrons. The topological polar surface area (TPSA) is 81.2 Å². The Morgan fingerprint density at radius 2 is 0.848 bits per heavy atom. The minimum atomic E-state index is -3.25. The molecular weight excluding hydrogens is 693 g/mol. The summed E-state index contributed by atoms with van der Waals surface area (Å²) in [7, 11) is -3.02. The third-order valence-electron chi connectivity index (χ3n) is 7.34. The van der Waals surface area contributed by atoms with E-state index in [0.29, 0.717) is 39.6 Å². The van der Waals surface area contributed by atoms with Crippen LogP contribution in [0.2, 0.25) is 0 Å². The van der Waals surface area contributed by atoms with Crippen molar-refractivity contribution in [2.75, 3.05) is 39.6 Å². The molecule has 0 spiro atoms. The number of aromatic nitrogens is 2. The number of hydrogen-bond acceptors (Lipinski definition) is 12. The molecule has 46 heavy (non-hydrogen) atoms. The van der Waals surface area contributed by atoms with Crippen molar-refractivity contribution in [2.45, 2.75) is 77.0 Å². The summed E-state index contributed by atoms with van der Waals surface area (Å²) in [5.74, 6) is -0.0426. The molecule has 14 heteroatoms. The molecule has 8 nitrogen and oxygen atoms in total. The van der Waals surface area contributed by atoms with Gasteiger partial charge >= 0.3 is 17.6 Å². The molecule has 0 radical (unpaired) electrons. The molecule has 0 amide bonds. The van der Waals surface area contributed by atoms with Crippen molar-refractivity contribution in [1.29, 1.82) is 0 Å². The van der Waals surface area contributed by atoms with Gasteiger partial charge in [0.1, 0.15) is 0 Å². The molecule has 0 N–H and O–H groups in total. The maximum absolute atomic E-state index is 6.58. The van der Waals surface area contributed by atoms with Crippen LogP contribution in [-0.4, -0.2) is 77.0 Å². The lowest BCUT2D eigenvalue weighted by molar-refractivity contribution is 0.0667. The summed E-state index contributed by atoms with van der Waals surface area (Å²) in [5, 5.41) is 2.07. The zero-order chi connectivity index (χ0) is 33.2. The predicted octanol–water partition coefficient (Wildman–Crippen LogP) is 9.11. The van der Waals surface area contributed by atoms with Gasteiger partial charge in [-0.2, -0.15) is 0 Å². The van der Waals surface area contributed by atoms with E-state index in [1.54, 1.807) is 44.3 Å². The molecule has 0 bridgehead atoms. The Bertz CT molecular complexity index is 1280. The van der Waals surface area contributed by atoms with Crippen LogP contribution in [0.1, 0.15) is 77.2 Å². The summed E-state index contributed by atoms with van der Waals surface area (Å²) in [5.41, 5.74) is 2.00. The largest absolute Gasteiger partial charge is 0.516 e. The third kappa shape index (κ3) is 8.63. The SMILES string of the molecule is CCO[Si](OCC)(OCC)C(SSC(C(C)c1nc2ccccc2s1)[Si](OCC)(OCC)OCC)C(C)c1nc2ccccc2s1. The van der Waals surface area contributed by atoms with Crippen molar-refractivity contribution in [2.24, 2.45) is 0 Å². The highest BCUT2D eigenvalue weighted by Crippen LogP contribution is 2.50. The van der Waals surface area contributed by atoms with Gasteiger partial charge in [-0.05, 0) is 65.8 Å².